The zero-order chi connectivity index (χ0) is 22.2. The Morgan fingerprint density at radius 1 is 0.793 bits per heavy atom. The van der Waals surface area contributed by atoms with Gasteiger partial charge in [0.2, 0.25) is 0 Å². The molecule has 0 aromatic rings. The number of esters is 2. The number of unbranched alkanes of at least 4 members (excludes halogenated alkanes) is 9. The third-order valence-corrected chi connectivity index (χ3v) is 5.11. The van der Waals surface area contributed by atoms with Crippen molar-refractivity contribution in [2.45, 2.75) is 124 Å². The molecule has 0 aliphatic heterocycles. The van der Waals surface area contributed by atoms with E-state index in [4.69, 9.17) is 9.47 Å². The number of hydrogen-bond donors (Lipinski definition) is 0. The van der Waals surface area contributed by atoms with E-state index >= 15 is 0 Å². The molecule has 0 N–H and O–H groups in total. The van der Waals surface area contributed by atoms with Crippen molar-refractivity contribution in [2.24, 2.45) is 5.41 Å². The Labute approximate surface area is 179 Å². The number of carbonyl (C=O) groups excluding carboxylic acids is 2. The number of ether oxygens (including phenoxy) is 2. The maximum Gasteiger partial charge on any atom is 0.324 e. The molecule has 1 unspecified atom stereocenters. The van der Waals surface area contributed by atoms with Crippen LogP contribution < -0.4 is 0 Å². The van der Waals surface area contributed by atoms with Crippen molar-refractivity contribution in [3.05, 3.63) is 12.7 Å². The monoisotopic (exact) mass is 410 g/mol. The third kappa shape index (κ3) is 12.1. The predicted octanol–water partition coefficient (Wildman–Crippen LogP) is 7.15. The fourth-order valence-electron chi connectivity index (χ4n) is 3.36. The first kappa shape index (κ1) is 27.7. The summed E-state index contributed by atoms with van der Waals surface area (Å²) in [5, 5.41) is 0. The maximum absolute atomic E-state index is 13.0. The lowest BCUT2D eigenvalue weighted by atomic mass is 9.79. The van der Waals surface area contributed by atoms with E-state index in [0.29, 0.717) is 13.0 Å². The van der Waals surface area contributed by atoms with Crippen LogP contribution in [0.3, 0.4) is 0 Å². The van der Waals surface area contributed by atoms with Gasteiger partial charge in [0.15, 0.2) is 5.41 Å². The Bertz CT molecular complexity index is 464. The highest BCUT2D eigenvalue weighted by Crippen LogP contribution is 2.35. The molecule has 0 heterocycles. The molecule has 4 nitrogen and oxygen atoms in total. The minimum Gasteiger partial charge on any atom is -0.465 e. The molecule has 0 amide bonds. The van der Waals surface area contributed by atoms with Crippen LogP contribution in [0.1, 0.15) is 118 Å². The Morgan fingerprint density at radius 2 is 1.31 bits per heavy atom. The van der Waals surface area contributed by atoms with Gasteiger partial charge in [-0.3, -0.25) is 9.59 Å². The zero-order valence-electron chi connectivity index (χ0n) is 19.8. The summed E-state index contributed by atoms with van der Waals surface area (Å²) in [6.07, 6.45) is 14.7. The van der Waals surface area contributed by atoms with E-state index in [1.165, 1.54) is 38.5 Å². The maximum atomic E-state index is 13.0. The van der Waals surface area contributed by atoms with Crippen molar-refractivity contribution in [1.82, 2.24) is 0 Å². The Hall–Kier alpha value is -1.32. The van der Waals surface area contributed by atoms with Crippen LogP contribution in [0.5, 0.6) is 0 Å². The molecule has 0 spiro atoms. The lowest BCUT2D eigenvalue weighted by Crippen LogP contribution is -2.44. The summed E-state index contributed by atoms with van der Waals surface area (Å²) in [5.41, 5.74) is -1.92. The SMILES string of the molecule is C=CCC(CCCCCCCCCCC)(C(=O)OCCCC)C(=O)OC(C)(C)C. The molecule has 170 valence electrons. The van der Waals surface area contributed by atoms with Crippen LogP contribution in [0.4, 0.5) is 0 Å². The predicted molar refractivity (Wildman–Crippen MR) is 121 cm³/mol. The molecule has 1 atom stereocenters. The van der Waals surface area contributed by atoms with Crippen LogP contribution in [-0.2, 0) is 19.1 Å². The average molecular weight is 411 g/mol. The van der Waals surface area contributed by atoms with E-state index in [1.807, 2.05) is 27.7 Å². The molecule has 0 bridgehead atoms. The second kappa shape index (κ2) is 15.5. The van der Waals surface area contributed by atoms with Crippen LogP contribution in [0, 0.1) is 5.41 Å². The number of carbonyl (C=O) groups is 2. The Kier molecular flexibility index (Phi) is 14.8. The highest BCUT2D eigenvalue weighted by molar-refractivity contribution is 6.00. The summed E-state index contributed by atoms with van der Waals surface area (Å²) in [4.78, 5) is 26.0. The first-order valence-electron chi connectivity index (χ1n) is 11.7. The van der Waals surface area contributed by atoms with E-state index in [9.17, 15) is 9.59 Å². The quantitative estimate of drug-likeness (QED) is 0.110. The minimum absolute atomic E-state index is 0.254. The molecule has 0 fully saturated rings. The second-order valence-corrected chi connectivity index (χ2v) is 9.14. The fraction of sp³-hybridized carbons (Fsp3) is 0.840. The molecule has 0 saturated heterocycles. The van der Waals surface area contributed by atoms with Gasteiger partial charge in [0.25, 0.3) is 0 Å². The molecule has 0 aliphatic carbocycles. The zero-order valence-corrected chi connectivity index (χ0v) is 19.8. The van der Waals surface area contributed by atoms with Gasteiger partial charge in [-0.1, -0.05) is 84.1 Å². The number of rotatable bonds is 17. The van der Waals surface area contributed by atoms with Gasteiger partial charge in [-0.2, -0.15) is 0 Å². The first-order valence-corrected chi connectivity index (χ1v) is 11.7. The van der Waals surface area contributed by atoms with Gasteiger partial charge in [-0.05, 0) is 40.0 Å². The summed E-state index contributed by atoms with van der Waals surface area (Å²) >= 11 is 0. The number of hydrogen-bond acceptors (Lipinski definition) is 4. The van der Waals surface area contributed by atoms with E-state index in [-0.39, 0.29) is 6.42 Å². The molecule has 29 heavy (non-hydrogen) atoms. The van der Waals surface area contributed by atoms with Gasteiger partial charge in [-0.25, -0.2) is 0 Å². The van der Waals surface area contributed by atoms with Gasteiger partial charge >= 0.3 is 11.9 Å². The molecular weight excluding hydrogens is 364 g/mol. The largest absolute Gasteiger partial charge is 0.465 e. The molecule has 0 saturated carbocycles. The van der Waals surface area contributed by atoms with Gasteiger partial charge < -0.3 is 9.47 Å². The lowest BCUT2D eigenvalue weighted by molar-refractivity contribution is -0.180. The lowest BCUT2D eigenvalue weighted by Gasteiger charge is -2.32. The molecule has 4 heteroatoms. The highest BCUT2D eigenvalue weighted by atomic mass is 16.6. The molecule has 0 radical (unpaired) electrons. The average Bonchev–Trinajstić information content (AvgIpc) is 2.64. The van der Waals surface area contributed by atoms with Crippen LogP contribution >= 0.6 is 0 Å². The van der Waals surface area contributed by atoms with E-state index in [2.05, 4.69) is 13.5 Å². The van der Waals surface area contributed by atoms with Crippen molar-refractivity contribution >= 4 is 11.9 Å². The normalized spacial score (nSPS) is 13.6. The van der Waals surface area contributed by atoms with E-state index < -0.39 is 23.0 Å². The molecule has 0 aliphatic rings. The Morgan fingerprint density at radius 3 is 1.79 bits per heavy atom. The smallest absolute Gasteiger partial charge is 0.324 e. The van der Waals surface area contributed by atoms with Crippen molar-refractivity contribution in [2.75, 3.05) is 6.61 Å². The van der Waals surface area contributed by atoms with Gasteiger partial charge in [-0.15, -0.1) is 6.58 Å². The molecule has 0 aromatic carbocycles. The van der Waals surface area contributed by atoms with Gasteiger partial charge in [0.1, 0.15) is 5.60 Å². The topological polar surface area (TPSA) is 52.6 Å². The van der Waals surface area contributed by atoms with Crippen LogP contribution in [0.25, 0.3) is 0 Å². The standard InChI is InChI=1S/C25H46O4/c1-7-10-12-13-14-15-16-17-18-20-25(19-9-3,22(26)28-21-11-8-2)23(27)29-24(4,5)6/h9H,3,7-8,10-21H2,1-2,4-6H3. The summed E-state index contributed by atoms with van der Waals surface area (Å²) < 4.78 is 11.1. The fourth-order valence-corrected chi connectivity index (χ4v) is 3.36. The van der Waals surface area contributed by atoms with Crippen molar-refractivity contribution < 1.29 is 19.1 Å². The van der Waals surface area contributed by atoms with Crippen LogP contribution in [0.15, 0.2) is 12.7 Å². The minimum atomic E-state index is -1.27. The van der Waals surface area contributed by atoms with Crippen molar-refractivity contribution in [3.63, 3.8) is 0 Å². The highest BCUT2D eigenvalue weighted by Gasteiger charge is 2.48. The number of allylic oxidation sites excluding steroid dienone is 1. The van der Waals surface area contributed by atoms with Gasteiger partial charge in [0, 0.05) is 0 Å². The molecular formula is C25H46O4. The van der Waals surface area contributed by atoms with E-state index in [1.54, 1.807) is 6.08 Å². The van der Waals surface area contributed by atoms with Gasteiger partial charge in [0.05, 0.1) is 6.61 Å². The second-order valence-electron chi connectivity index (χ2n) is 9.14. The summed E-state index contributed by atoms with van der Waals surface area (Å²) in [6.45, 7) is 13.9. The van der Waals surface area contributed by atoms with Crippen LogP contribution in [-0.4, -0.2) is 24.1 Å². The van der Waals surface area contributed by atoms with E-state index in [0.717, 1.165) is 32.1 Å². The molecule has 0 rings (SSSR count). The summed E-state index contributed by atoms with van der Waals surface area (Å²) in [7, 11) is 0. The first-order chi connectivity index (χ1) is 13.7. The third-order valence-electron chi connectivity index (χ3n) is 5.11. The summed E-state index contributed by atoms with van der Waals surface area (Å²) in [5.74, 6) is -0.939. The van der Waals surface area contributed by atoms with Crippen molar-refractivity contribution in [3.8, 4) is 0 Å². The summed E-state index contributed by atoms with van der Waals surface area (Å²) in [6, 6.07) is 0. The molecule has 0 aromatic heterocycles. The van der Waals surface area contributed by atoms with Crippen LogP contribution in [0.2, 0.25) is 0 Å². The Balaban J connectivity index is 4.89. The van der Waals surface area contributed by atoms with Crippen molar-refractivity contribution in [1.29, 1.82) is 0 Å².